The van der Waals surface area contributed by atoms with Gasteiger partial charge in [-0.15, -0.1) is 0 Å². The highest BCUT2D eigenvalue weighted by Gasteiger charge is 2.29. The highest BCUT2D eigenvalue weighted by Crippen LogP contribution is 2.28. The minimum absolute atomic E-state index is 0.175. The first kappa shape index (κ1) is 21.0. The van der Waals surface area contributed by atoms with E-state index in [9.17, 15) is 14.7 Å². The maximum Gasteiger partial charge on any atom is 0.335 e. The molecule has 1 aliphatic carbocycles. The lowest BCUT2D eigenvalue weighted by Crippen LogP contribution is -2.39. The van der Waals surface area contributed by atoms with Gasteiger partial charge in [0.25, 0.3) is 0 Å². The van der Waals surface area contributed by atoms with Crippen molar-refractivity contribution in [2.24, 2.45) is 5.73 Å². The van der Waals surface area contributed by atoms with E-state index in [-0.39, 0.29) is 12.1 Å². The van der Waals surface area contributed by atoms with Crippen LogP contribution in [0.3, 0.4) is 0 Å². The van der Waals surface area contributed by atoms with Gasteiger partial charge in [-0.2, -0.15) is 0 Å². The van der Waals surface area contributed by atoms with E-state index in [1.165, 1.54) is 5.56 Å². The second-order valence-corrected chi connectivity index (χ2v) is 4.56. The Morgan fingerprint density at radius 1 is 1.09 bits per heavy atom. The monoisotopic (exact) mass is 331 g/mol. The molecule has 0 heterocycles. The summed E-state index contributed by atoms with van der Waals surface area (Å²) in [6.07, 6.45) is -4.21. The van der Waals surface area contributed by atoms with Crippen LogP contribution in [-0.4, -0.2) is 68.0 Å². The number of fused-ring (bicyclic) bond motifs is 1. The molecule has 9 heteroatoms. The molecule has 0 amide bonds. The van der Waals surface area contributed by atoms with Crippen molar-refractivity contribution in [2.75, 3.05) is 7.11 Å². The maximum absolute atomic E-state index is 9.77. The number of rotatable bonds is 3. The molecule has 1 aromatic rings. The first-order valence-electron chi connectivity index (χ1n) is 6.53. The molecular weight excluding hydrogens is 310 g/mol. The zero-order chi connectivity index (χ0) is 18.2. The quantitative estimate of drug-likeness (QED) is 0.332. The third kappa shape index (κ3) is 5.93. The van der Waals surface area contributed by atoms with E-state index >= 15 is 0 Å². The molecule has 0 aromatic heterocycles. The Morgan fingerprint density at radius 2 is 1.52 bits per heavy atom. The van der Waals surface area contributed by atoms with Crippen molar-refractivity contribution >= 4 is 11.9 Å². The zero-order valence-corrected chi connectivity index (χ0v) is 12.4. The van der Waals surface area contributed by atoms with E-state index in [2.05, 4.69) is 0 Å². The fourth-order valence-electron chi connectivity index (χ4n) is 1.87. The van der Waals surface area contributed by atoms with E-state index in [0.717, 1.165) is 12.7 Å². The van der Waals surface area contributed by atoms with Gasteiger partial charge >= 0.3 is 11.9 Å². The summed E-state index contributed by atoms with van der Waals surface area (Å²) in [5.41, 5.74) is 8.02. The Labute approximate surface area is 132 Å². The number of nitrogens with two attached hydrogens (primary N) is 1. The molecule has 0 spiro atoms. The molecule has 0 saturated heterocycles. The lowest BCUT2D eigenvalue weighted by molar-refractivity contribution is -0.165. The van der Waals surface area contributed by atoms with Crippen molar-refractivity contribution in [1.82, 2.24) is 0 Å². The molecule has 2 rings (SSSR count). The minimum atomic E-state index is -2.27. The van der Waals surface area contributed by atoms with Crippen LogP contribution >= 0.6 is 0 Å². The molecule has 1 aromatic carbocycles. The number of aliphatic hydroxyl groups excluding tert-OH is 4. The topological polar surface area (TPSA) is 182 Å². The molecule has 0 aliphatic heterocycles. The van der Waals surface area contributed by atoms with Crippen LogP contribution in [-0.2, 0) is 16.0 Å². The van der Waals surface area contributed by atoms with Gasteiger partial charge in [-0.3, -0.25) is 0 Å². The van der Waals surface area contributed by atoms with Crippen LogP contribution in [0.25, 0.3) is 0 Å². The molecular formula is C14H21NO8. The van der Waals surface area contributed by atoms with Gasteiger partial charge in [0, 0.05) is 13.5 Å². The molecule has 0 fully saturated rings. The van der Waals surface area contributed by atoms with Crippen LogP contribution in [0.15, 0.2) is 24.3 Å². The van der Waals surface area contributed by atoms with E-state index in [0.29, 0.717) is 6.42 Å². The second kappa shape index (κ2) is 9.87. The predicted octanol–water partition coefficient (Wildman–Crippen LogP) is -1.91. The Morgan fingerprint density at radius 3 is 1.91 bits per heavy atom. The van der Waals surface area contributed by atoms with Gasteiger partial charge in [0.2, 0.25) is 0 Å². The van der Waals surface area contributed by atoms with Crippen LogP contribution in [0.4, 0.5) is 0 Å². The number of carboxylic acids is 2. The smallest absolute Gasteiger partial charge is 0.335 e. The number of benzene rings is 1. The Bertz CT molecular complexity index is 503. The summed E-state index contributed by atoms with van der Waals surface area (Å²) < 4.78 is 0. The minimum Gasteiger partial charge on any atom is -0.479 e. The molecule has 0 bridgehead atoms. The lowest BCUT2D eigenvalue weighted by atomic mass is 10.1. The summed E-state index contributed by atoms with van der Waals surface area (Å²) in [7, 11) is 1.00. The van der Waals surface area contributed by atoms with Gasteiger partial charge in [-0.25, -0.2) is 9.59 Å². The van der Waals surface area contributed by atoms with Gasteiger partial charge < -0.3 is 36.4 Å². The predicted molar refractivity (Wildman–Crippen MR) is 78.5 cm³/mol. The average Bonchev–Trinajstić information content (AvgIpc) is 2.83. The first-order chi connectivity index (χ1) is 10.8. The number of hydrogen-bond donors (Lipinski definition) is 7. The average molecular weight is 331 g/mol. The van der Waals surface area contributed by atoms with Crippen molar-refractivity contribution in [3.05, 3.63) is 35.4 Å². The maximum atomic E-state index is 9.77. The molecule has 9 nitrogen and oxygen atoms in total. The summed E-state index contributed by atoms with van der Waals surface area (Å²) in [6, 6.07) is 7.76. The van der Waals surface area contributed by atoms with Gasteiger partial charge in [0.05, 0.1) is 12.1 Å². The summed E-state index contributed by atoms with van der Waals surface area (Å²) in [5, 5.41) is 48.9. The standard InChI is InChI=1S/C9H11NO.C4H6O6.CH4O/c10-9-7-4-2-1-3-6(7)5-8(9)11;5-1(3(7)8)2(6)4(9)10;1-2/h1-4,8-9,11H,5,10H2;1-2,5-6H,(H,7,8)(H,9,10);2H,1H3/t8-,9-;1-,2-;/m11./s1. The molecule has 130 valence electrons. The number of aliphatic hydroxyl groups is 4. The molecule has 4 atom stereocenters. The van der Waals surface area contributed by atoms with Gasteiger partial charge in [0.1, 0.15) is 0 Å². The molecule has 0 radical (unpaired) electrons. The van der Waals surface area contributed by atoms with Crippen molar-refractivity contribution in [3.8, 4) is 0 Å². The highest BCUT2D eigenvalue weighted by atomic mass is 16.4. The molecule has 8 N–H and O–H groups in total. The molecule has 0 saturated carbocycles. The normalized spacial score (nSPS) is 20.8. The van der Waals surface area contributed by atoms with Gasteiger partial charge in [-0.1, -0.05) is 24.3 Å². The summed E-state index contributed by atoms with van der Waals surface area (Å²) in [5.74, 6) is -3.54. The van der Waals surface area contributed by atoms with Crippen molar-refractivity contribution in [1.29, 1.82) is 0 Å². The van der Waals surface area contributed by atoms with E-state index in [4.69, 9.17) is 31.3 Å². The van der Waals surface area contributed by atoms with Crippen LogP contribution in [0.2, 0.25) is 0 Å². The number of aliphatic carboxylic acids is 2. The summed E-state index contributed by atoms with van der Waals surface area (Å²) in [4.78, 5) is 19.5. The third-order valence-corrected chi connectivity index (χ3v) is 3.06. The Hall–Kier alpha value is -2.04. The molecule has 23 heavy (non-hydrogen) atoms. The van der Waals surface area contributed by atoms with Crippen LogP contribution in [0.5, 0.6) is 0 Å². The number of carboxylic acid groups (broad SMARTS) is 2. The van der Waals surface area contributed by atoms with Gasteiger partial charge in [-0.05, 0) is 11.1 Å². The van der Waals surface area contributed by atoms with Crippen molar-refractivity contribution in [2.45, 2.75) is 30.8 Å². The lowest BCUT2D eigenvalue weighted by Gasteiger charge is -2.07. The fraction of sp³-hybridized carbons (Fsp3) is 0.429. The van der Waals surface area contributed by atoms with Crippen LogP contribution in [0, 0.1) is 0 Å². The highest BCUT2D eigenvalue weighted by molar-refractivity contribution is 5.83. The van der Waals surface area contributed by atoms with E-state index in [1.54, 1.807) is 0 Å². The SMILES string of the molecule is CO.N[C@@H]1c2ccccc2C[C@H]1O.O=C(O)[C@H](O)[C@@H](O)C(=O)O. The van der Waals surface area contributed by atoms with Crippen LogP contribution in [0.1, 0.15) is 17.2 Å². The summed E-state index contributed by atoms with van der Waals surface area (Å²) >= 11 is 0. The van der Waals surface area contributed by atoms with Crippen LogP contribution < -0.4 is 5.73 Å². The first-order valence-corrected chi connectivity index (χ1v) is 6.53. The summed E-state index contributed by atoms with van der Waals surface area (Å²) in [6.45, 7) is 0. The fourth-order valence-corrected chi connectivity index (χ4v) is 1.87. The zero-order valence-electron chi connectivity index (χ0n) is 12.4. The number of hydrogen-bond acceptors (Lipinski definition) is 7. The molecule has 1 aliphatic rings. The van der Waals surface area contributed by atoms with Crippen molar-refractivity contribution < 1.29 is 40.2 Å². The Kier molecular flexibility index (Phi) is 9.00. The second-order valence-electron chi connectivity index (χ2n) is 4.56. The largest absolute Gasteiger partial charge is 0.479 e. The molecule has 0 unspecified atom stereocenters. The van der Waals surface area contributed by atoms with E-state index < -0.39 is 24.1 Å². The van der Waals surface area contributed by atoms with Crippen molar-refractivity contribution in [3.63, 3.8) is 0 Å². The van der Waals surface area contributed by atoms with Gasteiger partial charge in [0.15, 0.2) is 12.2 Å². The third-order valence-electron chi connectivity index (χ3n) is 3.06. The van der Waals surface area contributed by atoms with E-state index in [1.807, 2.05) is 24.3 Å². The Balaban J connectivity index is 0.000000383. The number of carbonyl (C=O) groups is 2.